The largest absolute Gasteiger partial charge is 0.313 e. The van der Waals surface area contributed by atoms with Crippen molar-refractivity contribution in [1.29, 1.82) is 5.41 Å². The van der Waals surface area contributed by atoms with Crippen molar-refractivity contribution in [2.75, 3.05) is 0 Å². The Kier molecular flexibility index (Phi) is 8.88. The lowest BCUT2D eigenvalue weighted by Gasteiger charge is -2.05. The number of rotatable bonds is 4. The Labute approximate surface area is 332 Å². The summed E-state index contributed by atoms with van der Waals surface area (Å²) in [4.78, 5) is 20.9. The number of hydrogen-bond donors (Lipinski definition) is 5. The minimum absolute atomic E-state index is 0.0161. The molecule has 4 heterocycles. The lowest BCUT2D eigenvalue weighted by atomic mass is 10.1. The number of nitrogens with one attached hydrogen (secondary N) is 1. The summed E-state index contributed by atoms with van der Waals surface area (Å²) in [7, 11) is -16.4. The van der Waals surface area contributed by atoms with Crippen LogP contribution in [0.1, 0.15) is 5.69 Å². The highest BCUT2D eigenvalue weighted by Gasteiger charge is 2.29. The second-order valence-corrected chi connectivity index (χ2v) is 18.9. The molecule has 0 atom stereocenters. The van der Waals surface area contributed by atoms with Gasteiger partial charge in [-0.1, -0.05) is 18.2 Å². The van der Waals surface area contributed by atoms with Crippen molar-refractivity contribution in [1.82, 2.24) is 34.1 Å². The van der Waals surface area contributed by atoms with Gasteiger partial charge >= 0.3 is 0 Å². The van der Waals surface area contributed by atoms with Crippen molar-refractivity contribution in [2.24, 2.45) is 14.1 Å². The van der Waals surface area contributed by atoms with E-state index in [4.69, 9.17) is 15.0 Å². The van der Waals surface area contributed by atoms with Crippen LogP contribution < -0.4 is 5.49 Å². The topological polar surface area (TPSA) is 316 Å². The van der Waals surface area contributed by atoms with E-state index in [0.29, 0.717) is 0 Å². The van der Waals surface area contributed by atoms with Crippen LogP contribution in [0, 0.1) is 12.3 Å². The minimum Gasteiger partial charge on any atom is -0.313 e. The third-order valence-corrected chi connectivity index (χ3v) is 13.1. The van der Waals surface area contributed by atoms with Gasteiger partial charge in [0.05, 0.1) is 20.2 Å². The van der Waals surface area contributed by atoms with Gasteiger partial charge in [0, 0.05) is 57.7 Å². The molecule has 0 unspecified atom stereocenters. The molecule has 0 saturated carbocycles. The van der Waals surface area contributed by atoms with Crippen molar-refractivity contribution in [3.05, 3.63) is 84.0 Å². The molecule has 20 nitrogen and oxygen atoms in total. The van der Waals surface area contributed by atoms with E-state index in [1.807, 2.05) is 0 Å². The van der Waals surface area contributed by atoms with Crippen LogP contribution in [-0.4, -0.2) is 85.9 Å². The van der Waals surface area contributed by atoms with Gasteiger partial charge < -0.3 is 9.13 Å². The van der Waals surface area contributed by atoms with Gasteiger partial charge in [-0.05, 0) is 61.5 Å². The van der Waals surface area contributed by atoms with Crippen LogP contribution in [0.25, 0.3) is 77.7 Å². The first kappa shape index (κ1) is 39.7. The monoisotopic (exact) mass is 878 g/mol. The van der Waals surface area contributed by atoms with Crippen LogP contribution in [0.2, 0.25) is 0 Å². The Morgan fingerprint density at radius 3 is 1.44 bits per heavy atom. The van der Waals surface area contributed by atoms with E-state index in [-0.39, 0.29) is 83.4 Å². The molecule has 0 saturated heterocycles. The molecule has 1 aliphatic rings. The normalized spacial score (nSPS) is 12.9. The zero-order valence-electron chi connectivity index (χ0n) is 30.2. The van der Waals surface area contributed by atoms with Crippen LogP contribution >= 0.6 is 0 Å². The highest BCUT2D eigenvalue weighted by molar-refractivity contribution is 7.86. The molecule has 0 aliphatic carbocycles. The summed E-state index contributed by atoms with van der Waals surface area (Å²) < 4.78 is 142. The van der Waals surface area contributed by atoms with Crippen molar-refractivity contribution in [3.63, 3.8) is 0 Å². The van der Waals surface area contributed by atoms with E-state index < -0.39 is 65.5 Å². The van der Waals surface area contributed by atoms with Gasteiger partial charge in [-0.25, -0.2) is 24.9 Å². The van der Waals surface area contributed by atoms with Gasteiger partial charge in [-0.2, -0.15) is 33.7 Å². The summed E-state index contributed by atoms with van der Waals surface area (Å²) in [5, 5.41) is 9.67. The Hall–Kier alpha value is -6.12. The maximum atomic E-state index is 12.8. The molecule has 5 N–H and O–H groups in total. The molecule has 7 aromatic rings. The summed E-state index contributed by atoms with van der Waals surface area (Å²) in [6, 6.07) is 14.2. The van der Waals surface area contributed by atoms with Crippen molar-refractivity contribution in [3.8, 4) is 22.8 Å². The molecule has 8 rings (SSSR count). The smallest absolute Gasteiger partial charge is 0.295 e. The molecule has 0 fully saturated rings. The predicted molar refractivity (Wildman–Crippen MR) is 210 cm³/mol. The highest BCUT2D eigenvalue weighted by Crippen LogP contribution is 2.40. The van der Waals surface area contributed by atoms with Crippen molar-refractivity contribution >= 4 is 95.4 Å². The molecule has 24 heteroatoms. The average Bonchev–Trinajstić information content (AvgIpc) is 3.72. The molecule has 0 amide bonds. The number of hydrogen-bond acceptors (Lipinski definition) is 14. The molecule has 302 valence electrons. The number of aromatic nitrogens is 7. The first-order valence-electron chi connectivity index (χ1n) is 16.6. The fourth-order valence-electron chi connectivity index (χ4n) is 6.92. The molecular weight excluding hydrogens is 853 g/mol. The average molecular weight is 879 g/mol. The Morgan fingerprint density at radius 1 is 0.492 bits per heavy atom. The van der Waals surface area contributed by atoms with Gasteiger partial charge in [0.15, 0.2) is 17.1 Å². The Morgan fingerprint density at radius 2 is 0.932 bits per heavy atom. The second kappa shape index (κ2) is 13.2. The number of aryl methyl sites for hydroxylation is 3. The molecule has 0 spiro atoms. The minimum atomic E-state index is -4.95. The molecule has 3 aromatic heterocycles. The summed E-state index contributed by atoms with van der Waals surface area (Å²) in [5.74, 6) is -0.490. The van der Waals surface area contributed by atoms with E-state index in [0.717, 1.165) is 42.5 Å². The van der Waals surface area contributed by atoms with Crippen LogP contribution in [-0.2, 0) is 54.6 Å². The van der Waals surface area contributed by atoms with Gasteiger partial charge in [0.1, 0.15) is 27.5 Å². The summed E-state index contributed by atoms with van der Waals surface area (Å²) in [6.07, 6.45) is 0. The Balaban J connectivity index is 1.71. The fourth-order valence-corrected chi connectivity index (χ4v) is 9.15. The summed E-state index contributed by atoms with van der Waals surface area (Å²) in [5.41, 5.74) is -0.718. The lowest BCUT2D eigenvalue weighted by molar-refractivity contribution is 0.481. The maximum Gasteiger partial charge on any atom is 0.295 e. The van der Waals surface area contributed by atoms with Crippen LogP contribution in [0.4, 0.5) is 0 Å². The third-order valence-electron chi connectivity index (χ3n) is 9.64. The van der Waals surface area contributed by atoms with Crippen LogP contribution in [0.3, 0.4) is 0 Å². The Bertz CT molecular complexity index is 3800. The molecule has 6 bridgehead atoms. The van der Waals surface area contributed by atoms with E-state index in [2.05, 4.69) is 9.97 Å². The maximum absolute atomic E-state index is 12.8. The zero-order valence-corrected chi connectivity index (χ0v) is 33.5. The van der Waals surface area contributed by atoms with E-state index in [1.165, 1.54) is 60.5 Å². The van der Waals surface area contributed by atoms with E-state index in [9.17, 15) is 57.3 Å². The zero-order chi connectivity index (χ0) is 42.7. The molecule has 0 radical (unpaired) electrons. The van der Waals surface area contributed by atoms with Gasteiger partial charge in [-0.15, -0.1) is 0 Å². The molecule has 59 heavy (non-hydrogen) atoms. The summed E-state index contributed by atoms with van der Waals surface area (Å²) in [6.45, 7) is 1.48. The first-order chi connectivity index (χ1) is 27.4. The fraction of sp³-hybridized carbons (Fsp3) is 0.0857. The SMILES string of the molecule is Cc1nc2c3cc(S(=O)(=O)O)ccc3c(nc3nc(nc4c5cc(S(=O)(=O)O)ccc5c(nc(=N)c5cc(S(=O)(=O)O)ccc15)n4C)-c1cccc(S(=O)(=O)O)c1-3)n2C. The van der Waals surface area contributed by atoms with E-state index >= 15 is 0 Å². The standard InChI is InChI=1S/C35H26N8O12S4/c1-16-20-10-7-17(56(44,45)46)13-24(20)29(36)38-32-21-11-8-19(58(50,51)52)15-26(21)35(42(32)2)40-30-23-5-4-6-27(59(53,54)55)28(23)31(39-30)41-33-22-12-9-18(57(47,48)49)14-25(22)34(37-16)43(33)3/h4-15,36H,1-3H3,(H,44,45,46)(H,47,48,49)(H,50,51,52)(H,53,54,55). The second-order valence-electron chi connectivity index (χ2n) is 13.3. The quantitative estimate of drug-likeness (QED) is 0.157. The summed E-state index contributed by atoms with van der Waals surface area (Å²) >= 11 is 0. The van der Waals surface area contributed by atoms with Gasteiger partial charge in [0.2, 0.25) is 0 Å². The van der Waals surface area contributed by atoms with Gasteiger partial charge in [-0.3, -0.25) is 23.6 Å². The van der Waals surface area contributed by atoms with Gasteiger partial charge in [0.25, 0.3) is 40.5 Å². The van der Waals surface area contributed by atoms with Crippen molar-refractivity contribution < 1.29 is 51.9 Å². The number of fused-ring (bicyclic) bond motifs is 16. The molecule has 1 aliphatic heterocycles. The number of benzene rings is 4. The van der Waals surface area contributed by atoms with Crippen LogP contribution in [0.5, 0.6) is 0 Å². The lowest BCUT2D eigenvalue weighted by Crippen LogP contribution is -2.08. The van der Waals surface area contributed by atoms with Crippen LogP contribution in [0.15, 0.2) is 92.4 Å². The predicted octanol–water partition coefficient (Wildman–Crippen LogP) is 3.78. The van der Waals surface area contributed by atoms with E-state index in [1.54, 1.807) is 0 Å². The first-order valence-corrected chi connectivity index (χ1v) is 22.4. The third kappa shape index (κ3) is 6.69. The highest BCUT2D eigenvalue weighted by atomic mass is 32.2. The number of nitrogens with zero attached hydrogens (tertiary/aromatic N) is 7. The molecular formula is C35H26N8O12S4. The molecule has 4 aromatic carbocycles. The van der Waals surface area contributed by atoms with Crippen molar-refractivity contribution in [2.45, 2.75) is 26.5 Å².